The van der Waals surface area contributed by atoms with Crippen molar-refractivity contribution in [3.05, 3.63) is 83.9 Å². The minimum atomic E-state index is -1.64. The number of nitrogens with one attached hydrogen (secondary N) is 8. The number of amides is 9. The highest BCUT2D eigenvalue weighted by atomic mass is 16.6. The van der Waals surface area contributed by atoms with Gasteiger partial charge in [-0.15, -0.1) is 0 Å². The van der Waals surface area contributed by atoms with Crippen LogP contribution in [0.15, 0.2) is 72.8 Å². The summed E-state index contributed by atoms with van der Waals surface area (Å²) in [6, 6.07) is 12.8. The van der Waals surface area contributed by atoms with Crippen LogP contribution in [0.4, 0.5) is 0 Å². The second-order valence-corrected chi connectivity index (χ2v) is 24.6. The fraction of sp³-hybridized carbons (Fsp3) is 0.603. The third-order valence-electron chi connectivity index (χ3n) is 15.9. The molecular weight excluding hydrogens is 1100 g/mol. The maximum atomic E-state index is 14.9. The number of aliphatic hydroxyl groups is 1. The highest BCUT2D eigenvalue weighted by molar-refractivity contribution is 5.99. The van der Waals surface area contributed by atoms with E-state index in [2.05, 4.69) is 42.5 Å². The molecule has 23 nitrogen and oxygen atoms in total. The van der Waals surface area contributed by atoms with E-state index in [1.807, 2.05) is 76.2 Å². The van der Waals surface area contributed by atoms with Crippen molar-refractivity contribution >= 4 is 63.9 Å². The van der Waals surface area contributed by atoms with Gasteiger partial charge in [0.2, 0.25) is 47.3 Å². The number of rotatable bonds is 17. The fourth-order valence-corrected chi connectivity index (χ4v) is 11.2. The summed E-state index contributed by atoms with van der Waals surface area (Å²) in [4.78, 5) is 132. The summed E-state index contributed by atoms with van der Waals surface area (Å²) in [6.45, 7) is 14.4. The summed E-state index contributed by atoms with van der Waals surface area (Å²) in [5, 5.41) is 36.5. The molecule has 9 amide bonds. The number of fused-ring (bicyclic) bond motifs is 4. The molecule has 0 spiro atoms. The molecule has 0 radical (unpaired) electrons. The van der Waals surface area contributed by atoms with Crippen LogP contribution < -0.4 is 54.0 Å². The van der Waals surface area contributed by atoms with Crippen LogP contribution in [0.5, 0.6) is 0 Å². The van der Waals surface area contributed by atoms with Crippen molar-refractivity contribution < 1.29 is 57.7 Å². The van der Waals surface area contributed by atoms with Crippen LogP contribution in [0.2, 0.25) is 0 Å². The zero-order valence-corrected chi connectivity index (χ0v) is 51.1. The molecule has 12 atom stereocenters. The van der Waals surface area contributed by atoms with Gasteiger partial charge < -0.3 is 73.5 Å². The Morgan fingerprint density at radius 2 is 1.08 bits per heavy atom. The molecule has 3 aromatic carbocycles. The van der Waals surface area contributed by atoms with Crippen molar-refractivity contribution in [2.24, 2.45) is 35.1 Å². The Morgan fingerprint density at radius 1 is 0.570 bits per heavy atom. The summed E-state index contributed by atoms with van der Waals surface area (Å²) in [7, 11) is 0. The normalized spacial score (nSPS) is 27.5. The highest BCUT2D eigenvalue weighted by Crippen LogP contribution is 2.28. The predicted molar refractivity (Wildman–Crippen MR) is 324 cm³/mol. The van der Waals surface area contributed by atoms with E-state index < -0.39 is 138 Å². The summed E-state index contributed by atoms with van der Waals surface area (Å²) in [5.41, 5.74) is 13.3. The molecule has 13 N–H and O–H groups in total. The number of nitrogens with zero attached hydrogens (tertiary/aromatic N) is 1. The van der Waals surface area contributed by atoms with Gasteiger partial charge in [-0.1, -0.05) is 122 Å². The van der Waals surface area contributed by atoms with Crippen LogP contribution in [0.1, 0.15) is 118 Å². The summed E-state index contributed by atoms with van der Waals surface area (Å²) >= 11 is 0. The largest absolute Gasteiger partial charge is 0.387 e. The molecular formula is C63H93N11O12. The summed E-state index contributed by atoms with van der Waals surface area (Å²) in [6.07, 6.45) is -3.99. The van der Waals surface area contributed by atoms with E-state index in [0.29, 0.717) is 18.4 Å². The van der Waals surface area contributed by atoms with Crippen molar-refractivity contribution in [3.63, 3.8) is 0 Å². The number of benzene rings is 3. The van der Waals surface area contributed by atoms with Crippen LogP contribution in [-0.2, 0) is 65.7 Å². The number of nitrogens with two attached hydrogens (primary N) is 2. The molecule has 3 aliphatic heterocycles. The van der Waals surface area contributed by atoms with Crippen LogP contribution in [-0.4, -0.2) is 162 Å². The molecule has 0 aromatic heterocycles. The molecule has 3 fully saturated rings. The van der Waals surface area contributed by atoms with Gasteiger partial charge in [-0.2, -0.15) is 0 Å². The van der Waals surface area contributed by atoms with Crippen LogP contribution in [0.3, 0.4) is 0 Å². The van der Waals surface area contributed by atoms with E-state index in [1.165, 1.54) is 4.90 Å². The van der Waals surface area contributed by atoms with Gasteiger partial charge in [-0.05, 0) is 116 Å². The monoisotopic (exact) mass is 1200 g/mol. The number of ether oxygens (including phenoxy) is 2. The van der Waals surface area contributed by atoms with Crippen LogP contribution in [0, 0.1) is 23.7 Å². The maximum Gasteiger partial charge on any atom is 0.252 e. The third kappa shape index (κ3) is 19.0. The van der Waals surface area contributed by atoms with E-state index >= 15 is 0 Å². The first-order valence-electron chi connectivity index (χ1n) is 30.6. The lowest BCUT2D eigenvalue weighted by atomic mass is 9.99. The minimum absolute atomic E-state index is 0.0155. The first-order valence-corrected chi connectivity index (χ1v) is 30.6. The van der Waals surface area contributed by atoms with Crippen molar-refractivity contribution in [1.29, 1.82) is 0 Å². The molecule has 0 aliphatic carbocycles. The third-order valence-corrected chi connectivity index (χ3v) is 15.9. The number of carbonyl (C=O) groups is 9. The topological polar surface area (TPSA) is 344 Å². The molecule has 6 rings (SSSR count). The Hall–Kier alpha value is -7.05. The first kappa shape index (κ1) is 68.1. The highest BCUT2D eigenvalue weighted by Gasteiger charge is 2.49. The molecule has 0 unspecified atom stereocenters. The van der Waals surface area contributed by atoms with E-state index in [1.54, 1.807) is 52.0 Å². The Labute approximate surface area is 505 Å². The van der Waals surface area contributed by atoms with Gasteiger partial charge in [0.1, 0.15) is 66.6 Å². The average molecular weight is 1200 g/mol. The molecule has 472 valence electrons. The molecule has 3 aromatic rings. The van der Waals surface area contributed by atoms with Gasteiger partial charge in [0.25, 0.3) is 5.91 Å². The Balaban J connectivity index is 1.37. The van der Waals surface area contributed by atoms with Crippen molar-refractivity contribution in [2.45, 2.75) is 193 Å². The first-order chi connectivity index (χ1) is 41.0. The SMILES string of the molecule is CC(C)C[C@@H]1NC(=O)[C@H](CCCN)NC(=O)[C@H](C(C)C)NC(=O)[C@@H]2O[C@H](CNC(=O)[C@H](CC(C)C)NC(=O)[C@@H](CCCN)NC(=O)[C@H](C(C)C)NC(=O)[C@@H]3CCCN3C(=O)[C@@H](Cc3ccccc3)NC1=O)[C@@H](OCc1ccc3ccccc3c1)[C@@H]2O. The van der Waals surface area contributed by atoms with Crippen molar-refractivity contribution in [3.8, 4) is 0 Å². The number of aliphatic hydroxyl groups excluding tert-OH is 1. The quantitative estimate of drug-likeness (QED) is 0.0913. The molecule has 2 bridgehead atoms. The van der Waals surface area contributed by atoms with Gasteiger partial charge >= 0.3 is 0 Å². The lowest BCUT2D eigenvalue weighted by Gasteiger charge is -2.32. The average Bonchev–Trinajstić information content (AvgIpc) is 2.55. The molecule has 3 heterocycles. The number of carbonyl (C=O) groups excluding carboxylic acids is 9. The second kappa shape index (κ2) is 32.6. The predicted octanol–water partition coefficient (Wildman–Crippen LogP) is 1.49. The molecule has 0 saturated carbocycles. The fourth-order valence-electron chi connectivity index (χ4n) is 11.2. The maximum absolute atomic E-state index is 14.9. The lowest BCUT2D eigenvalue weighted by molar-refractivity contribution is -0.143. The Bertz CT molecular complexity index is 2800. The second-order valence-electron chi connectivity index (χ2n) is 24.6. The molecule has 86 heavy (non-hydrogen) atoms. The van der Waals surface area contributed by atoms with Gasteiger partial charge in [0, 0.05) is 19.5 Å². The van der Waals surface area contributed by atoms with Crippen molar-refractivity contribution in [1.82, 2.24) is 47.4 Å². The minimum Gasteiger partial charge on any atom is -0.387 e. The zero-order valence-electron chi connectivity index (χ0n) is 51.1. The summed E-state index contributed by atoms with van der Waals surface area (Å²) in [5.74, 6) is -7.65. The van der Waals surface area contributed by atoms with Gasteiger partial charge in [0.15, 0.2) is 6.10 Å². The smallest absolute Gasteiger partial charge is 0.252 e. The van der Waals surface area contributed by atoms with Gasteiger partial charge in [-0.3, -0.25) is 43.2 Å². The zero-order chi connectivity index (χ0) is 62.8. The Kier molecular flexibility index (Phi) is 25.8. The lowest BCUT2D eigenvalue weighted by Crippen LogP contribution is -2.61. The number of hydrogen-bond acceptors (Lipinski definition) is 14. The van der Waals surface area contributed by atoms with Crippen LogP contribution >= 0.6 is 0 Å². The molecule has 3 saturated heterocycles. The van der Waals surface area contributed by atoms with Crippen LogP contribution in [0.25, 0.3) is 10.8 Å². The van der Waals surface area contributed by atoms with Gasteiger partial charge in [-0.25, -0.2) is 0 Å². The van der Waals surface area contributed by atoms with E-state index in [-0.39, 0.29) is 89.6 Å². The number of hydrogen-bond donors (Lipinski definition) is 11. The van der Waals surface area contributed by atoms with Gasteiger partial charge in [0.05, 0.1) is 6.61 Å². The van der Waals surface area contributed by atoms with E-state index in [9.17, 15) is 48.3 Å². The standard InChI is InChI=1S/C63H93N11O12/c1-35(2)29-45-55(76)66-33-49-53(85-34-40-24-25-41-19-12-13-20-42(41)31-40)52(75)54(86-49)62(83)73-51(38(7)8)61(82)68-44(22-15-27-65)57(78)70-46(30-36(3)4)58(79)71-47(32-39-17-10-9-11-18-39)63(84)74-28-16-23-48(74)59(80)72-50(37(5)6)60(81)67-43(21-14-26-64)56(77)69-45/h9-13,17-20,24-25,31,35-38,43-54,75H,14-16,21-23,26-30,32-34,64-65H2,1-8H3,(H,66,76)(H,67,81)(H,68,82)(H,69,77)(H,70,78)(H,71,79)(H,72,80)(H,73,83)/t43-,44+,45+,46+,47-,48+,49-,50+,51+,52+,53-,54-/m1/s1. The molecule has 3 aliphatic rings. The Morgan fingerprint density at radius 3 is 1.64 bits per heavy atom. The molecule has 23 heteroatoms. The van der Waals surface area contributed by atoms with E-state index in [0.717, 1.165) is 16.3 Å². The van der Waals surface area contributed by atoms with E-state index in [4.69, 9.17) is 20.9 Å². The van der Waals surface area contributed by atoms with Crippen molar-refractivity contribution in [2.75, 3.05) is 26.2 Å². The summed E-state index contributed by atoms with van der Waals surface area (Å²) < 4.78 is 12.6.